The van der Waals surface area contributed by atoms with Crippen molar-refractivity contribution in [3.8, 4) is 5.75 Å². The van der Waals surface area contributed by atoms with Crippen molar-refractivity contribution in [1.82, 2.24) is 14.9 Å². The first-order valence-corrected chi connectivity index (χ1v) is 8.65. The average Bonchev–Trinajstić information content (AvgIpc) is 3.07. The van der Waals surface area contributed by atoms with Gasteiger partial charge in [-0.25, -0.2) is 4.52 Å². The smallest absolute Gasteiger partial charge is 0.420 e. The van der Waals surface area contributed by atoms with Crippen LogP contribution < -0.4 is 15.8 Å². The fraction of sp³-hybridized carbons (Fsp3) is 0.444. The highest BCUT2D eigenvalue weighted by Gasteiger charge is 2.36. The quantitative estimate of drug-likeness (QED) is 0.799. The molecule has 0 spiro atoms. The Labute approximate surface area is 154 Å². The predicted molar refractivity (Wildman–Crippen MR) is 97.9 cm³/mol. The fourth-order valence-corrected chi connectivity index (χ4v) is 3.30. The van der Waals surface area contributed by atoms with Gasteiger partial charge in [0.05, 0.1) is 19.3 Å². The number of rotatable bonds is 4. The lowest BCUT2D eigenvalue weighted by Crippen LogP contribution is -2.30. The van der Waals surface area contributed by atoms with Gasteiger partial charge in [-0.15, -0.1) is 0 Å². The Morgan fingerprint density at radius 3 is 2.70 bits per heavy atom. The summed E-state index contributed by atoms with van der Waals surface area (Å²) >= 11 is 0. The summed E-state index contributed by atoms with van der Waals surface area (Å²) in [4.78, 5) is 4.74. The third kappa shape index (κ3) is 3.92. The van der Waals surface area contributed by atoms with Crippen molar-refractivity contribution in [2.24, 2.45) is 10.7 Å². The maximum Gasteiger partial charge on any atom is 0.420 e. The Hall–Kier alpha value is -2.55. The molecule has 27 heavy (non-hydrogen) atoms. The molecule has 1 fully saturated rings. The maximum absolute atomic E-state index is 13.2. The topological polar surface area (TPSA) is 76.9 Å². The minimum atomic E-state index is -4.52. The number of alkyl halides is 3. The minimum Gasteiger partial charge on any atom is -0.494 e. The van der Waals surface area contributed by atoms with Crippen molar-refractivity contribution >= 4 is 16.8 Å². The number of hydrogen-bond acceptors (Lipinski definition) is 5. The van der Waals surface area contributed by atoms with Gasteiger partial charge < -0.3 is 15.8 Å². The van der Waals surface area contributed by atoms with E-state index < -0.39 is 11.7 Å². The van der Waals surface area contributed by atoms with Crippen molar-refractivity contribution in [3.63, 3.8) is 0 Å². The van der Waals surface area contributed by atoms with Crippen LogP contribution in [-0.2, 0) is 6.18 Å². The largest absolute Gasteiger partial charge is 0.494 e. The third-order valence-corrected chi connectivity index (χ3v) is 4.65. The minimum absolute atomic E-state index is 0.0753. The van der Waals surface area contributed by atoms with E-state index in [2.05, 4.69) is 10.4 Å². The Balaban J connectivity index is 2.03. The number of aliphatic imine (C=N–C) groups is 1. The van der Waals surface area contributed by atoms with E-state index in [4.69, 9.17) is 15.5 Å². The maximum atomic E-state index is 13.2. The molecule has 2 aromatic heterocycles. The average molecular weight is 381 g/mol. The van der Waals surface area contributed by atoms with Crippen LogP contribution in [0.2, 0.25) is 0 Å². The molecule has 1 aliphatic heterocycles. The number of allylic oxidation sites excluding steroid dienone is 1. The number of nitrogens with one attached hydrogen (secondary N) is 1. The highest BCUT2D eigenvalue weighted by Crippen LogP contribution is 2.37. The van der Waals surface area contributed by atoms with Crippen molar-refractivity contribution in [1.29, 1.82) is 0 Å². The third-order valence-electron chi connectivity index (χ3n) is 4.65. The molecule has 0 atom stereocenters. The summed E-state index contributed by atoms with van der Waals surface area (Å²) in [6.07, 6.45) is 1.07. The van der Waals surface area contributed by atoms with Gasteiger partial charge in [-0.3, -0.25) is 4.99 Å². The number of piperidine rings is 1. The lowest BCUT2D eigenvalue weighted by atomic mass is 10.0. The van der Waals surface area contributed by atoms with E-state index in [1.807, 2.05) is 6.92 Å². The Morgan fingerprint density at radius 1 is 1.41 bits per heavy atom. The molecular formula is C18H22F3N5O. The first-order valence-electron chi connectivity index (χ1n) is 8.65. The first-order chi connectivity index (χ1) is 12.8. The van der Waals surface area contributed by atoms with E-state index in [9.17, 15) is 13.2 Å². The van der Waals surface area contributed by atoms with Gasteiger partial charge >= 0.3 is 6.18 Å². The molecule has 6 nitrogen and oxygen atoms in total. The van der Waals surface area contributed by atoms with E-state index in [0.29, 0.717) is 11.1 Å². The molecule has 0 saturated carbocycles. The zero-order valence-corrected chi connectivity index (χ0v) is 15.2. The van der Waals surface area contributed by atoms with Crippen LogP contribution in [0.1, 0.15) is 30.9 Å². The molecule has 9 heteroatoms. The zero-order chi connectivity index (χ0) is 19.6. The molecule has 2 aromatic rings. The fourth-order valence-electron chi connectivity index (χ4n) is 3.30. The number of pyridine rings is 1. The number of hydrogen-bond donors (Lipinski definition) is 2. The summed E-state index contributed by atoms with van der Waals surface area (Å²) in [6, 6.07) is 1.74. The normalized spacial score (nSPS) is 17.5. The van der Waals surface area contributed by atoms with Gasteiger partial charge in [0.15, 0.2) is 0 Å². The number of fused-ring (bicyclic) bond motifs is 1. The van der Waals surface area contributed by atoms with Crippen LogP contribution in [0.4, 0.5) is 13.2 Å². The van der Waals surface area contributed by atoms with Gasteiger partial charge in [-0.2, -0.15) is 18.3 Å². The second kappa shape index (κ2) is 7.59. The van der Waals surface area contributed by atoms with E-state index in [1.54, 1.807) is 0 Å². The number of halogens is 3. The second-order valence-electron chi connectivity index (χ2n) is 6.42. The summed E-state index contributed by atoms with van der Waals surface area (Å²) in [5.41, 5.74) is 6.80. The Morgan fingerprint density at radius 2 is 2.11 bits per heavy atom. The van der Waals surface area contributed by atoms with Crippen molar-refractivity contribution in [2.75, 3.05) is 20.2 Å². The van der Waals surface area contributed by atoms with Crippen LogP contribution in [0.5, 0.6) is 5.75 Å². The molecule has 0 amide bonds. The monoisotopic (exact) mass is 381 g/mol. The summed E-state index contributed by atoms with van der Waals surface area (Å²) in [7, 11) is 1.33. The van der Waals surface area contributed by atoms with Crippen LogP contribution in [-0.4, -0.2) is 41.6 Å². The molecule has 0 bridgehead atoms. The number of aromatic nitrogens is 2. The van der Waals surface area contributed by atoms with Crippen LogP contribution in [0.3, 0.4) is 0 Å². The molecular weight excluding hydrogens is 359 g/mol. The van der Waals surface area contributed by atoms with E-state index in [0.717, 1.165) is 42.4 Å². The standard InChI is InChI=1S/C18H22F3N5O/c1-11(25-13-3-5-23-6-4-13)14(8-22)12-7-16(27-2)17-15(18(19,20)21)9-24-26(17)10-12/h7-10,13,23H,3-6,22H2,1-2H3/b14-8+,25-11?. The summed E-state index contributed by atoms with van der Waals surface area (Å²) in [6.45, 7) is 3.68. The van der Waals surface area contributed by atoms with Gasteiger partial charge in [0.1, 0.15) is 16.8 Å². The van der Waals surface area contributed by atoms with Crippen LogP contribution >= 0.6 is 0 Å². The van der Waals surface area contributed by atoms with Crippen LogP contribution in [0, 0.1) is 0 Å². The molecule has 0 unspecified atom stereocenters. The Bertz CT molecular complexity index is 879. The molecule has 3 N–H and O–H groups in total. The van der Waals surface area contributed by atoms with Crippen LogP contribution in [0.25, 0.3) is 11.1 Å². The van der Waals surface area contributed by atoms with Gasteiger partial charge in [0.25, 0.3) is 0 Å². The first kappa shape index (κ1) is 19.2. The van der Waals surface area contributed by atoms with Gasteiger partial charge in [-0.1, -0.05) is 0 Å². The number of nitrogens with two attached hydrogens (primary N) is 1. The molecule has 1 aliphatic rings. The predicted octanol–water partition coefficient (Wildman–Crippen LogP) is 2.87. The summed E-state index contributed by atoms with van der Waals surface area (Å²) in [5, 5.41) is 7.13. The van der Waals surface area contributed by atoms with Crippen molar-refractivity contribution in [3.05, 3.63) is 35.8 Å². The van der Waals surface area contributed by atoms with E-state index in [-0.39, 0.29) is 17.3 Å². The number of ether oxygens (including phenoxy) is 1. The van der Waals surface area contributed by atoms with Crippen LogP contribution in [0.15, 0.2) is 29.7 Å². The number of methoxy groups -OCH3 is 1. The molecule has 0 radical (unpaired) electrons. The Kier molecular flexibility index (Phi) is 5.41. The molecule has 3 rings (SSSR count). The molecule has 0 aromatic carbocycles. The molecule has 0 aliphatic carbocycles. The zero-order valence-electron chi connectivity index (χ0n) is 15.2. The van der Waals surface area contributed by atoms with Crippen molar-refractivity contribution < 1.29 is 17.9 Å². The second-order valence-corrected chi connectivity index (χ2v) is 6.42. The highest BCUT2D eigenvalue weighted by atomic mass is 19.4. The van der Waals surface area contributed by atoms with E-state index >= 15 is 0 Å². The molecule has 146 valence electrons. The lowest BCUT2D eigenvalue weighted by molar-refractivity contribution is -0.136. The number of nitrogens with zero attached hydrogens (tertiary/aromatic N) is 3. The highest BCUT2D eigenvalue weighted by molar-refractivity contribution is 6.22. The van der Waals surface area contributed by atoms with Crippen molar-refractivity contribution in [2.45, 2.75) is 32.0 Å². The summed E-state index contributed by atoms with van der Waals surface area (Å²) in [5.74, 6) is 0.0753. The van der Waals surface area contributed by atoms with E-state index in [1.165, 1.54) is 25.6 Å². The van der Waals surface area contributed by atoms with Gasteiger partial charge in [0, 0.05) is 29.2 Å². The lowest BCUT2D eigenvalue weighted by Gasteiger charge is -2.20. The summed E-state index contributed by atoms with van der Waals surface area (Å²) < 4.78 is 46.0. The van der Waals surface area contributed by atoms with Gasteiger partial charge in [0.2, 0.25) is 0 Å². The molecule has 1 saturated heterocycles. The molecule has 3 heterocycles. The SMILES string of the molecule is COc1cc(/C(=C/N)C(C)=NC2CCNCC2)cn2ncc(C(F)(F)F)c12. The van der Waals surface area contributed by atoms with Gasteiger partial charge in [-0.05, 0) is 38.9 Å².